The molecule has 0 radical (unpaired) electrons. The number of hydrogen-bond acceptors (Lipinski definition) is 7. The monoisotopic (exact) mass is 368 g/mol. The highest BCUT2D eigenvalue weighted by atomic mass is 32.2. The highest BCUT2D eigenvalue weighted by Gasteiger charge is 2.53. The van der Waals surface area contributed by atoms with Crippen LogP contribution in [-0.4, -0.2) is 51.9 Å². The zero-order valence-electron chi connectivity index (χ0n) is 12.9. The Kier molecular flexibility index (Phi) is 4.64. The van der Waals surface area contributed by atoms with E-state index in [1.807, 2.05) is 6.92 Å². The lowest BCUT2D eigenvalue weighted by molar-refractivity contribution is -0.156. The van der Waals surface area contributed by atoms with Crippen molar-refractivity contribution in [3.05, 3.63) is 22.4 Å². The van der Waals surface area contributed by atoms with Crippen molar-refractivity contribution in [2.24, 2.45) is 0 Å². The van der Waals surface area contributed by atoms with Gasteiger partial charge in [-0.2, -0.15) is 0 Å². The molecule has 2 fully saturated rings. The Morgan fingerprint density at radius 1 is 1.46 bits per heavy atom. The number of esters is 1. The second-order valence-corrected chi connectivity index (χ2v) is 8.18. The van der Waals surface area contributed by atoms with Crippen LogP contribution in [-0.2, 0) is 19.1 Å². The first-order chi connectivity index (χ1) is 11.4. The summed E-state index contributed by atoms with van der Waals surface area (Å²) in [5, 5.41) is 3.88. The Morgan fingerprint density at radius 2 is 2.25 bits per heavy atom. The number of nitrogens with zero attached hydrogens (tertiary/aromatic N) is 1. The quantitative estimate of drug-likeness (QED) is 0.797. The lowest BCUT2D eigenvalue weighted by Crippen LogP contribution is -2.47. The van der Waals surface area contributed by atoms with Gasteiger partial charge >= 0.3 is 5.97 Å². The molecule has 1 N–H and O–H groups in total. The second kappa shape index (κ2) is 6.56. The summed E-state index contributed by atoms with van der Waals surface area (Å²) >= 11 is 2.76. The summed E-state index contributed by atoms with van der Waals surface area (Å²) < 4.78 is 5.00. The summed E-state index contributed by atoms with van der Waals surface area (Å²) in [5.74, 6) is -1.44. The van der Waals surface area contributed by atoms with Gasteiger partial charge in [0.2, 0.25) is 5.91 Å². The SMILES string of the molecule is C[C@]12CCC(=O)N1[C@H](C(=O)OCC(=O)NC(=O)c1cccs1)CS2. The third-order valence-electron chi connectivity index (χ3n) is 4.06. The van der Waals surface area contributed by atoms with Crippen LogP contribution >= 0.6 is 23.1 Å². The van der Waals surface area contributed by atoms with Gasteiger partial charge < -0.3 is 9.64 Å². The molecule has 0 saturated carbocycles. The number of thiophene rings is 1. The summed E-state index contributed by atoms with van der Waals surface area (Å²) in [6, 6.07) is 2.62. The molecule has 3 amide bonds. The minimum atomic E-state index is -0.692. The summed E-state index contributed by atoms with van der Waals surface area (Å²) in [5.41, 5.74) is 0. The van der Waals surface area contributed by atoms with Gasteiger partial charge in [-0.05, 0) is 24.8 Å². The van der Waals surface area contributed by atoms with Crippen LogP contribution < -0.4 is 5.32 Å². The number of fused-ring (bicyclic) bond motifs is 1. The van der Waals surface area contributed by atoms with E-state index in [2.05, 4.69) is 5.32 Å². The van der Waals surface area contributed by atoms with Gasteiger partial charge in [-0.1, -0.05) is 6.07 Å². The molecular formula is C15H16N2O5S2. The van der Waals surface area contributed by atoms with E-state index in [4.69, 9.17) is 4.74 Å². The number of nitrogens with one attached hydrogen (secondary N) is 1. The summed E-state index contributed by atoms with van der Waals surface area (Å²) in [4.78, 5) is 49.2. The molecule has 0 spiro atoms. The Morgan fingerprint density at radius 3 is 2.96 bits per heavy atom. The highest BCUT2D eigenvalue weighted by Crippen LogP contribution is 2.47. The fourth-order valence-corrected chi connectivity index (χ4v) is 4.90. The van der Waals surface area contributed by atoms with Crippen molar-refractivity contribution < 1.29 is 23.9 Å². The van der Waals surface area contributed by atoms with Crippen molar-refractivity contribution in [3.8, 4) is 0 Å². The van der Waals surface area contributed by atoms with Gasteiger partial charge in [0.05, 0.1) is 9.75 Å². The van der Waals surface area contributed by atoms with Crippen LogP contribution in [0.4, 0.5) is 0 Å². The van der Waals surface area contributed by atoms with Crippen molar-refractivity contribution >= 4 is 46.8 Å². The normalized spacial score (nSPS) is 25.5. The van der Waals surface area contributed by atoms with E-state index < -0.39 is 30.4 Å². The maximum atomic E-state index is 12.2. The van der Waals surface area contributed by atoms with Crippen molar-refractivity contribution in [2.45, 2.75) is 30.7 Å². The Balaban J connectivity index is 1.51. The van der Waals surface area contributed by atoms with Gasteiger partial charge in [0.15, 0.2) is 6.61 Å². The zero-order valence-corrected chi connectivity index (χ0v) is 14.6. The van der Waals surface area contributed by atoms with E-state index in [0.29, 0.717) is 23.5 Å². The number of hydrogen-bond donors (Lipinski definition) is 1. The predicted molar refractivity (Wildman–Crippen MR) is 88.5 cm³/mol. The molecule has 9 heteroatoms. The van der Waals surface area contributed by atoms with Gasteiger partial charge in [0.1, 0.15) is 6.04 Å². The fraction of sp³-hybridized carbons (Fsp3) is 0.467. The number of rotatable bonds is 4. The van der Waals surface area contributed by atoms with Gasteiger partial charge in [0.25, 0.3) is 11.8 Å². The molecule has 0 bridgehead atoms. The van der Waals surface area contributed by atoms with Crippen molar-refractivity contribution in [1.29, 1.82) is 0 Å². The van der Waals surface area contributed by atoms with Crippen LogP contribution in [0.15, 0.2) is 17.5 Å². The molecule has 2 saturated heterocycles. The molecular weight excluding hydrogens is 352 g/mol. The molecule has 3 heterocycles. The maximum Gasteiger partial charge on any atom is 0.330 e. The molecule has 0 aromatic carbocycles. The van der Waals surface area contributed by atoms with E-state index in [-0.39, 0.29) is 10.8 Å². The Bertz CT molecular complexity index is 690. The summed E-state index contributed by atoms with van der Waals surface area (Å²) in [6.07, 6.45) is 1.12. The number of thioether (sulfide) groups is 1. The summed E-state index contributed by atoms with van der Waals surface area (Å²) in [6.45, 7) is 1.39. The Hall–Kier alpha value is -1.87. The molecule has 7 nitrogen and oxygen atoms in total. The van der Waals surface area contributed by atoms with Crippen LogP contribution in [0.25, 0.3) is 0 Å². The Labute approximate surface area is 146 Å². The van der Waals surface area contributed by atoms with Gasteiger partial charge in [-0.15, -0.1) is 23.1 Å². The topological polar surface area (TPSA) is 92.8 Å². The van der Waals surface area contributed by atoms with Crippen molar-refractivity contribution in [2.75, 3.05) is 12.4 Å². The zero-order chi connectivity index (χ0) is 17.3. The minimum absolute atomic E-state index is 0.0678. The molecule has 1 aromatic rings. The minimum Gasteiger partial charge on any atom is -0.454 e. The molecule has 2 aliphatic heterocycles. The molecule has 2 aliphatic rings. The van der Waals surface area contributed by atoms with Gasteiger partial charge in [-0.25, -0.2) is 4.79 Å². The van der Waals surface area contributed by atoms with E-state index in [1.165, 1.54) is 11.3 Å². The van der Waals surface area contributed by atoms with Crippen LogP contribution in [0.3, 0.4) is 0 Å². The molecule has 3 rings (SSSR count). The molecule has 0 aliphatic carbocycles. The van der Waals surface area contributed by atoms with Crippen LogP contribution in [0.1, 0.15) is 29.4 Å². The summed E-state index contributed by atoms with van der Waals surface area (Å²) in [7, 11) is 0. The van der Waals surface area contributed by atoms with Crippen LogP contribution in [0.2, 0.25) is 0 Å². The molecule has 24 heavy (non-hydrogen) atoms. The third-order valence-corrected chi connectivity index (χ3v) is 6.43. The molecule has 0 unspecified atom stereocenters. The van der Waals surface area contributed by atoms with E-state index >= 15 is 0 Å². The van der Waals surface area contributed by atoms with E-state index in [0.717, 1.165) is 0 Å². The number of ether oxygens (including phenoxy) is 1. The predicted octanol–water partition coefficient (Wildman–Crippen LogP) is 1.00. The smallest absolute Gasteiger partial charge is 0.330 e. The lowest BCUT2D eigenvalue weighted by Gasteiger charge is -2.29. The maximum absolute atomic E-state index is 12.2. The van der Waals surface area contributed by atoms with Crippen molar-refractivity contribution in [1.82, 2.24) is 10.2 Å². The first-order valence-electron chi connectivity index (χ1n) is 7.41. The number of amides is 3. The number of carbonyl (C=O) groups is 4. The van der Waals surface area contributed by atoms with Gasteiger partial charge in [-0.3, -0.25) is 19.7 Å². The second-order valence-electron chi connectivity index (χ2n) is 5.73. The molecule has 2 atom stereocenters. The highest BCUT2D eigenvalue weighted by molar-refractivity contribution is 8.01. The number of carbonyl (C=O) groups excluding carboxylic acids is 4. The number of imide groups is 1. The standard InChI is InChI=1S/C15H16N2O5S2/c1-15-5-4-12(19)17(15)9(8-24-15)14(21)22-7-11(18)16-13(20)10-3-2-6-23-10/h2-3,6,9H,4-5,7-8H2,1H3,(H,16,18,20)/t9-,15-/m0/s1. The van der Waals surface area contributed by atoms with Crippen LogP contribution in [0.5, 0.6) is 0 Å². The first-order valence-corrected chi connectivity index (χ1v) is 9.28. The average Bonchev–Trinajstić information content (AvgIpc) is 3.23. The molecule has 128 valence electrons. The lowest BCUT2D eigenvalue weighted by atomic mass is 10.2. The third kappa shape index (κ3) is 3.18. The first kappa shape index (κ1) is 17.0. The largest absolute Gasteiger partial charge is 0.454 e. The van der Waals surface area contributed by atoms with Crippen LogP contribution in [0, 0.1) is 0 Å². The van der Waals surface area contributed by atoms with Crippen molar-refractivity contribution in [3.63, 3.8) is 0 Å². The average molecular weight is 368 g/mol. The van der Waals surface area contributed by atoms with Gasteiger partial charge in [0, 0.05) is 12.2 Å². The molecule has 1 aromatic heterocycles. The van der Waals surface area contributed by atoms with E-state index in [9.17, 15) is 19.2 Å². The van der Waals surface area contributed by atoms with E-state index in [1.54, 1.807) is 34.2 Å². The fourth-order valence-electron chi connectivity index (χ4n) is 2.86.